The zero-order chi connectivity index (χ0) is 49.9. The Morgan fingerprint density at radius 3 is 0.957 bits per heavy atom. The summed E-state index contributed by atoms with van der Waals surface area (Å²) >= 11 is 0. The lowest BCUT2D eigenvalue weighted by Gasteiger charge is -2.20. The van der Waals surface area contributed by atoms with Gasteiger partial charge < -0.3 is 15.5 Å². The predicted octanol–water partition coefficient (Wildman–Crippen LogP) is 19.2. The Morgan fingerprint density at radius 2 is 0.638 bits per heavy atom. The lowest BCUT2D eigenvalue weighted by Crippen LogP contribution is -2.45. The van der Waals surface area contributed by atoms with E-state index in [1.54, 1.807) is 6.08 Å². The SMILES string of the molecule is CC/C=C\C/C=C\C/C=C\C/C=C\C/C=C\C/C=C\C/C=C\C/C=C\C/C=C\C/C=C\C/C=C\CCCCCCCCCC(=O)NC(CO)C(O)/C=C/CCCCCCCCCCCCCCCC. The van der Waals surface area contributed by atoms with E-state index >= 15 is 0 Å². The molecule has 0 aromatic rings. The molecule has 0 fully saturated rings. The van der Waals surface area contributed by atoms with Crippen LogP contribution in [0.2, 0.25) is 0 Å². The minimum atomic E-state index is -0.853. The van der Waals surface area contributed by atoms with Crippen molar-refractivity contribution in [3.05, 3.63) is 146 Å². The van der Waals surface area contributed by atoms with E-state index in [1.807, 2.05) is 6.08 Å². The Bertz CT molecular complexity index is 1450. The molecule has 0 aromatic carbocycles. The van der Waals surface area contributed by atoms with Crippen molar-refractivity contribution >= 4 is 5.91 Å². The average molecular weight is 951 g/mol. The zero-order valence-electron chi connectivity index (χ0n) is 44.8. The van der Waals surface area contributed by atoms with Crippen molar-refractivity contribution in [1.82, 2.24) is 5.32 Å². The van der Waals surface area contributed by atoms with Gasteiger partial charge >= 0.3 is 0 Å². The molecule has 69 heavy (non-hydrogen) atoms. The second-order valence-electron chi connectivity index (χ2n) is 18.6. The molecule has 2 atom stereocenters. The quantitative estimate of drug-likeness (QED) is 0.0420. The number of rotatable bonds is 50. The van der Waals surface area contributed by atoms with E-state index in [2.05, 4.69) is 153 Å². The average Bonchev–Trinajstić information content (AvgIpc) is 3.35. The van der Waals surface area contributed by atoms with Crippen LogP contribution >= 0.6 is 0 Å². The Balaban J connectivity index is 3.66. The van der Waals surface area contributed by atoms with E-state index < -0.39 is 12.1 Å². The number of hydrogen-bond donors (Lipinski definition) is 3. The third-order valence-electron chi connectivity index (χ3n) is 12.1. The topological polar surface area (TPSA) is 69.6 Å². The summed E-state index contributed by atoms with van der Waals surface area (Å²) in [5, 5.41) is 23.1. The molecule has 0 aliphatic carbocycles. The molecule has 0 saturated heterocycles. The molecule has 3 N–H and O–H groups in total. The van der Waals surface area contributed by atoms with Gasteiger partial charge in [-0.05, 0) is 103 Å². The minimum Gasteiger partial charge on any atom is -0.394 e. The lowest BCUT2D eigenvalue weighted by atomic mass is 10.0. The largest absolute Gasteiger partial charge is 0.394 e. The van der Waals surface area contributed by atoms with Crippen molar-refractivity contribution in [3.63, 3.8) is 0 Å². The highest BCUT2D eigenvalue weighted by atomic mass is 16.3. The minimum absolute atomic E-state index is 0.0808. The first-order chi connectivity index (χ1) is 34.2. The zero-order valence-corrected chi connectivity index (χ0v) is 44.8. The number of aliphatic hydroxyl groups is 2. The van der Waals surface area contributed by atoms with Gasteiger partial charge in [0.2, 0.25) is 5.91 Å². The number of unbranched alkanes of at least 4 members (excludes halogenated alkanes) is 21. The first-order valence-corrected chi connectivity index (χ1v) is 28.5. The third kappa shape index (κ3) is 55.1. The van der Waals surface area contributed by atoms with Crippen LogP contribution in [0.25, 0.3) is 0 Å². The standard InChI is InChI=1S/C65H107NO3/c1-3-5-7-9-11-13-15-17-19-21-22-23-24-25-26-27-28-29-30-31-32-33-34-35-36-37-38-39-40-41-42-43-44-45-47-49-51-53-55-57-59-61-65(69)66-63(62-67)64(68)60-58-56-54-52-50-48-46-20-18-16-14-12-10-8-6-4-2/h5,7,11,13,17,19,22-23,25-26,28-29,31-32,34-35,37-38,40-41,43-44,58,60,63-64,67-68H,3-4,6,8-10,12,14-16,18,20-21,24,27,30,33,36,39,42,45-57,59,61-62H2,1-2H3,(H,66,69)/b7-5-,13-11-,19-17-,23-22-,26-25-,29-28-,32-31-,35-34-,38-37-,41-40-,44-43-,60-58+. The molecule has 0 aliphatic heterocycles. The maximum Gasteiger partial charge on any atom is 0.220 e. The van der Waals surface area contributed by atoms with Crippen LogP contribution in [0.3, 0.4) is 0 Å². The van der Waals surface area contributed by atoms with Gasteiger partial charge in [0.1, 0.15) is 0 Å². The second-order valence-corrected chi connectivity index (χ2v) is 18.6. The molecule has 0 saturated carbocycles. The summed E-state index contributed by atoms with van der Waals surface area (Å²) in [6.07, 6.45) is 92.8. The van der Waals surface area contributed by atoms with Gasteiger partial charge in [-0.3, -0.25) is 4.79 Å². The summed E-state index contributed by atoms with van der Waals surface area (Å²) in [4.78, 5) is 12.5. The number of carbonyl (C=O) groups excluding carboxylic acids is 1. The van der Waals surface area contributed by atoms with Gasteiger partial charge in [-0.2, -0.15) is 0 Å². The van der Waals surface area contributed by atoms with Crippen molar-refractivity contribution in [2.75, 3.05) is 6.61 Å². The number of hydrogen-bond acceptors (Lipinski definition) is 3. The van der Waals surface area contributed by atoms with E-state index in [0.29, 0.717) is 6.42 Å². The molecule has 0 aromatic heterocycles. The molecule has 0 aliphatic rings. The van der Waals surface area contributed by atoms with E-state index in [0.717, 1.165) is 109 Å². The van der Waals surface area contributed by atoms with Crippen LogP contribution in [0.15, 0.2) is 146 Å². The molecule has 0 rings (SSSR count). The van der Waals surface area contributed by atoms with E-state index in [-0.39, 0.29) is 12.5 Å². The maximum atomic E-state index is 12.5. The molecule has 1 amide bonds. The summed E-state index contributed by atoms with van der Waals surface area (Å²) in [5.74, 6) is -0.0808. The first kappa shape index (κ1) is 65.3. The summed E-state index contributed by atoms with van der Waals surface area (Å²) < 4.78 is 0. The van der Waals surface area contributed by atoms with Crippen LogP contribution in [-0.4, -0.2) is 34.9 Å². The Kier molecular flexibility index (Phi) is 55.4. The number of aliphatic hydroxyl groups excluding tert-OH is 2. The maximum absolute atomic E-state index is 12.5. The second kappa shape index (κ2) is 58.6. The Labute approximate surface area is 427 Å². The van der Waals surface area contributed by atoms with Crippen LogP contribution in [0.1, 0.15) is 239 Å². The number of carbonyl (C=O) groups is 1. The highest BCUT2D eigenvalue weighted by Crippen LogP contribution is 2.14. The van der Waals surface area contributed by atoms with Crippen LogP contribution in [0.4, 0.5) is 0 Å². The van der Waals surface area contributed by atoms with Crippen LogP contribution in [0.5, 0.6) is 0 Å². The highest BCUT2D eigenvalue weighted by Gasteiger charge is 2.18. The van der Waals surface area contributed by atoms with Crippen molar-refractivity contribution in [1.29, 1.82) is 0 Å². The normalized spacial score (nSPS) is 14.0. The molecule has 0 bridgehead atoms. The van der Waals surface area contributed by atoms with Gasteiger partial charge in [0.05, 0.1) is 18.8 Å². The molecule has 4 heteroatoms. The fourth-order valence-electron chi connectivity index (χ4n) is 7.77. The third-order valence-corrected chi connectivity index (χ3v) is 12.1. The molecule has 4 nitrogen and oxygen atoms in total. The summed E-state index contributed by atoms with van der Waals surface area (Å²) in [5.41, 5.74) is 0. The number of amides is 1. The van der Waals surface area contributed by atoms with E-state index in [1.165, 1.54) is 109 Å². The van der Waals surface area contributed by atoms with Gasteiger partial charge in [-0.15, -0.1) is 0 Å². The molecule has 0 radical (unpaired) electrons. The molecule has 0 heterocycles. The Morgan fingerprint density at radius 1 is 0.362 bits per heavy atom. The van der Waals surface area contributed by atoms with Crippen LogP contribution in [0, 0.1) is 0 Å². The fraction of sp³-hybridized carbons (Fsp3) is 0.615. The Hall–Kier alpha value is -3.73. The lowest BCUT2D eigenvalue weighted by molar-refractivity contribution is -0.123. The van der Waals surface area contributed by atoms with Gasteiger partial charge in [-0.1, -0.05) is 275 Å². The van der Waals surface area contributed by atoms with Gasteiger partial charge in [-0.25, -0.2) is 0 Å². The van der Waals surface area contributed by atoms with Gasteiger partial charge in [0.15, 0.2) is 0 Å². The molecule has 0 spiro atoms. The van der Waals surface area contributed by atoms with Crippen molar-refractivity contribution in [2.24, 2.45) is 0 Å². The van der Waals surface area contributed by atoms with Crippen molar-refractivity contribution in [2.45, 2.75) is 251 Å². The fourth-order valence-corrected chi connectivity index (χ4v) is 7.77. The van der Waals surface area contributed by atoms with E-state index in [9.17, 15) is 15.0 Å². The molecule has 390 valence electrons. The molecular weight excluding hydrogens is 843 g/mol. The van der Waals surface area contributed by atoms with Gasteiger partial charge in [0, 0.05) is 6.42 Å². The summed E-state index contributed by atoms with van der Waals surface area (Å²) in [6.45, 7) is 4.18. The van der Waals surface area contributed by atoms with E-state index in [4.69, 9.17) is 0 Å². The van der Waals surface area contributed by atoms with Crippen molar-refractivity contribution in [3.8, 4) is 0 Å². The van der Waals surface area contributed by atoms with Gasteiger partial charge in [0.25, 0.3) is 0 Å². The molecular formula is C65H107NO3. The summed E-state index contributed by atoms with van der Waals surface area (Å²) in [7, 11) is 0. The number of nitrogens with one attached hydrogen (secondary N) is 1. The van der Waals surface area contributed by atoms with Crippen molar-refractivity contribution < 1.29 is 15.0 Å². The monoisotopic (exact) mass is 950 g/mol. The molecule has 2 unspecified atom stereocenters. The highest BCUT2D eigenvalue weighted by molar-refractivity contribution is 5.76. The smallest absolute Gasteiger partial charge is 0.220 e. The first-order valence-electron chi connectivity index (χ1n) is 28.5. The summed E-state index contributed by atoms with van der Waals surface area (Å²) in [6, 6.07) is -0.638. The predicted molar refractivity (Wildman–Crippen MR) is 308 cm³/mol. The van der Waals surface area contributed by atoms with Crippen LogP contribution < -0.4 is 5.32 Å². The number of allylic oxidation sites excluding steroid dienone is 23. The van der Waals surface area contributed by atoms with Crippen LogP contribution in [-0.2, 0) is 4.79 Å².